The maximum Gasteiger partial charge on any atom is 0.121 e. The van der Waals surface area contributed by atoms with E-state index in [1.54, 1.807) is 24.3 Å². The van der Waals surface area contributed by atoms with Gasteiger partial charge in [-0.15, -0.1) is 53.6 Å². The molecule has 1 fully saturated rings. The molecule has 0 bridgehead atoms. The van der Waals surface area contributed by atoms with E-state index in [4.69, 9.17) is 16.3 Å². The predicted octanol–water partition coefficient (Wildman–Crippen LogP) is 19.1. The molecule has 3 heterocycles. The second-order valence-corrected chi connectivity index (χ2v) is 22.0. The van der Waals surface area contributed by atoms with Crippen LogP contribution in [0.25, 0.3) is 83.6 Å². The summed E-state index contributed by atoms with van der Waals surface area (Å²) in [7, 11) is 0. The molecular weight excluding hydrogens is 1070 g/mol. The van der Waals surface area contributed by atoms with E-state index in [0.717, 1.165) is 86.7 Å². The Kier molecular flexibility index (Phi) is 12.8. The van der Waals surface area contributed by atoms with Gasteiger partial charge in [0, 0.05) is 45.6 Å². The van der Waals surface area contributed by atoms with Crippen molar-refractivity contribution in [1.29, 1.82) is 0 Å². The van der Waals surface area contributed by atoms with E-state index in [2.05, 4.69) is 172 Å². The van der Waals surface area contributed by atoms with Gasteiger partial charge in [-0.1, -0.05) is 171 Å². The molecule has 0 atom stereocenters. The first-order valence-electron chi connectivity index (χ1n) is 28.6. The Bertz CT molecular complexity index is 3740. The van der Waals surface area contributed by atoms with Gasteiger partial charge in [-0.25, -0.2) is 0 Å². The molecular formula is C68H69IrN3O-2. The third kappa shape index (κ3) is 11.1. The van der Waals surface area contributed by atoms with Gasteiger partial charge in [0.05, 0.1) is 22.4 Å². The summed E-state index contributed by atoms with van der Waals surface area (Å²) in [6.45, 7) is 17.2. The quantitative estimate of drug-likeness (QED) is 0.135. The van der Waals surface area contributed by atoms with Crippen molar-refractivity contribution in [2.24, 2.45) is 10.8 Å². The van der Waals surface area contributed by atoms with Crippen LogP contribution in [0.3, 0.4) is 0 Å². The molecule has 3 aromatic heterocycles. The molecule has 1 saturated carbocycles. The van der Waals surface area contributed by atoms with E-state index in [1.807, 2.05) is 32.9 Å². The maximum atomic E-state index is 9.37. The van der Waals surface area contributed by atoms with E-state index in [1.165, 1.54) is 40.2 Å². The van der Waals surface area contributed by atoms with Crippen LogP contribution in [0, 0.1) is 29.8 Å². The monoisotopic (exact) mass is 1140 g/mol. The minimum atomic E-state index is -2.14. The average molecular weight is 1140 g/mol. The second kappa shape index (κ2) is 21.2. The average Bonchev–Trinajstić information content (AvgIpc) is 4.19. The first-order chi connectivity index (χ1) is 36.9. The molecule has 11 rings (SSSR count). The van der Waals surface area contributed by atoms with Crippen molar-refractivity contribution in [2.45, 2.75) is 119 Å². The Morgan fingerprint density at radius 3 is 2.08 bits per heavy atom. The van der Waals surface area contributed by atoms with E-state index < -0.39 is 24.5 Å². The van der Waals surface area contributed by atoms with Crippen LogP contribution in [-0.4, -0.2) is 14.5 Å². The SMILES string of the molecule is [2H]C([2H])([2H])c1c[c-]c(-c2ccc(C([2H])([2H])C(C)(C)C)cn2)cc1.[2H]C1(c2ccc(-c3cc(C(C)C)c(-n4c(-c5[c-]ccc6c5oc5cc(-c7ccccc7)ccc56)nc5ccccc54)c(C(C)C)c3)cc2)CCC(C)(C)CC1.[Ir]. The van der Waals surface area contributed by atoms with Gasteiger partial charge in [-0.05, 0) is 141 Å². The largest absolute Gasteiger partial charge is 0.501 e. The van der Waals surface area contributed by atoms with Crippen LogP contribution in [-0.2, 0) is 26.5 Å². The van der Waals surface area contributed by atoms with Gasteiger partial charge in [0.2, 0.25) is 0 Å². The predicted molar refractivity (Wildman–Crippen MR) is 303 cm³/mol. The summed E-state index contributed by atoms with van der Waals surface area (Å²) in [5.41, 5.74) is 15.9. The summed E-state index contributed by atoms with van der Waals surface area (Å²) >= 11 is 0. The summed E-state index contributed by atoms with van der Waals surface area (Å²) < 4.78 is 57.1. The Morgan fingerprint density at radius 1 is 0.753 bits per heavy atom. The zero-order valence-electron chi connectivity index (χ0n) is 49.6. The number of hydrogen-bond donors (Lipinski definition) is 0. The van der Waals surface area contributed by atoms with Crippen molar-refractivity contribution in [3.05, 3.63) is 198 Å². The van der Waals surface area contributed by atoms with Crippen LogP contribution < -0.4 is 0 Å². The molecule has 0 unspecified atom stereocenters. The van der Waals surface area contributed by atoms with Gasteiger partial charge >= 0.3 is 0 Å². The van der Waals surface area contributed by atoms with Crippen LogP contribution in [0.4, 0.5) is 0 Å². The molecule has 0 amide bonds. The molecule has 373 valence electrons. The molecule has 73 heavy (non-hydrogen) atoms. The van der Waals surface area contributed by atoms with Gasteiger partial charge in [-0.3, -0.25) is 4.98 Å². The van der Waals surface area contributed by atoms with Gasteiger partial charge in [0.15, 0.2) is 0 Å². The van der Waals surface area contributed by atoms with Crippen molar-refractivity contribution >= 4 is 33.0 Å². The van der Waals surface area contributed by atoms with E-state index in [0.29, 0.717) is 22.2 Å². The Balaban J connectivity index is 0.000000266. The van der Waals surface area contributed by atoms with Crippen LogP contribution >= 0.6 is 0 Å². The summed E-state index contributed by atoms with van der Waals surface area (Å²) in [5.74, 6) is 0.800. The number of para-hydroxylation sites is 2. The van der Waals surface area contributed by atoms with E-state index in [9.17, 15) is 1.37 Å². The number of rotatable bonds is 9. The molecule has 0 spiro atoms. The first-order valence-corrected chi connectivity index (χ1v) is 25.6. The number of benzene rings is 7. The van der Waals surface area contributed by atoms with Crippen molar-refractivity contribution in [3.8, 4) is 50.6 Å². The minimum absolute atomic E-state index is 0. The van der Waals surface area contributed by atoms with Gasteiger partial charge in [-0.2, -0.15) is 0 Å². The third-order valence-electron chi connectivity index (χ3n) is 14.2. The topological polar surface area (TPSA) is 43.9 Å². The molecule has 0 saturated heterocycles. The summed E-state index contributed by atoms with van der Waals surface area (Å²) in [5, 5.41) is 2.14. The summed E-state index contributed by atoms with van der Waals surface area (Å²) in [6, 6.07) is 57.9. The molecule has 1 aliphatic rings. The zero-order chi connectivity index (χ0) is 55.5. The molecule has 0 N–H and O–H groups in total. The Hall–Kier alpha value is -6.39. The number of pyridine rings is 1. The summed E-state index contributed by atoms with van der Waals surface area (Å²) in [6.07, 6.45) is 4.06. The minimum Gasteiger partial charge on any atom is -0.501 e. The van der Waals surface area contributed by atoms with Gasteiger partial charge in [0.1, 0.15) is 5.58 Å². The van der Waals surface area contributed by atoms with Crippen LogP contribution in [0.1, 0.15) is 142 Å². The molecule has 0 aliphatic heterocycles. The second-order valence-electron chi connectivity index (χ2n) is 22.0. The Labute approximate surface area is 456 Å². The number of aromatic nitrogens is 3. The van der Waals surface area contributed by atoms with Crippen LogP contribution in [0.15, 0.2) is 162 Å². The van der Waals surface area contributed by atoms with Crippen molar-refractivity contribution < 1.29 is 32.7 Å². The van der Waals surface area contributed by atoms with E-state index in [-0.39, 0.29) is 37.5 Å². The van der Waals surface area contributed by atoms with Crippen molar-refractivity contribution in [3.63, 3.8) is 0 Å². The smallest absolute Gasteiger partial charge is 0.121 e. The van der Waals surface area contributed by atoms with Crippen molar-refractivity contribution in [1.82, 2.24) is 14.5 Å². The fourth-order valence-electron chi connectivity index (χ4n) is 10.2. The number of nitrogens with zero attached hydrogens (tertiary/aromatic N) is 3. The number of hydrogen-bond acceptors (Lipinski definition) is 3. The number of imidazole rings is 1. The van der Waals surface area contributed by atoms with Gasteiger partial charge < -0.3 is 14.0 Å². The molecule has 1 radical (unpaired) electrons. The zero-order valence-corrected chi connectivity index (χ0v) is 46.0. The molecule has 7 aromatic carbocycles. The van der Waals surface area contributed by atoms with Gasteiger partial charge in [0.25, 0.3) is 0 Å². The van der Waals surface area contributed by atoms with Crippen molar-refractivity contribution in [2.75, 3.05) is 0 Å². The molecule has 1 aliphatic carbocycles. The van der Waals surface area contributed by atoms with E-state index >= 15 is 0 Å². The normalized spacial score (nSPS) is 15.9. The first kappa shape index (κ1) is 44.1. The maximum absolute atomic E-state index is 9.37. The molecule has 4 nitrogen and oxygen atoms in total. The molecule has 10 aromatic rings. The number of aryl methyl sites for hydroxylation is 1. The fraction of sp³-hybridized carbons (Fsp3) is 0.294. The van der Waals surface area contributed by atoms with Crippen LogP contribution in [0.2, 0.25) is 0 Å². The van der Waals surface area contributed by atoms with Crippen LogP contribution in [0.5, 0.6) is 0 Å². The molecule has 5 heteroatoms. The summed E-state index contributed by atoms with van der Waals surface area (Å²) in [4.78, 5) is 9.66. The standard InChI is InChI=1S/C51H49N2O.C17H20N.Ir/c1-32(2)43-29-39(36-21-19-35(20-22-36)37-25-27-51(5,6)28-26-37)30-44(33(3)4)48(43)53-46-18-11-10-17-45(46)52-50(53)42-16-12-15-41-40-24-23-38(31-47(40)54-49(41)42)34-13-8-7-9-14-34;1-13-5-8-15(9-6-13)16-10-7-14(12-18-16)11-17(2,3)4;/h7-15,17-24,29-33,37H,25-28H2,1-6H3;5-8,10,12H,11H2,1-4H3;/q2*-1;/i37D;1D3,11D2;. The number of fused-ring (bicyclic) bond motifs is 4. The fourth-order valence-corrected chi connectivity index (χ4v) is 10.2. The Morgan fingerprint density at radius 2 is 1.44 bits per heavy atom. The third-order valence-corrected chi connectivity index (χ3v) is 14.2. The number of furan rings is 1.